The van der Waals surface area contributed by atoms with Gasteiger partial charge in [-0.1, -0.05) is 78.6 Å². The first-order valence-corrected chi connectivity index (χ1v) is 9.96. The van der Waals surface area contributed by atoms with Crippen LogP contribution in [0.4, 0.5) is 9.52 Å². The van der Waals surface area contributed by atoms with E-state index in [1.165, 1.54) is 29.2 Å². The molecule has 0 unspecified atom stereocenters. The standard InChI is InChI=1S/C19H18FN3OS2/c1-13(14-7-3-2-4-8-14)11-17(24)21-18-22-23-19(26-18)25-12-15-9-5-6-10-16(15)20/h2-10,13H,11-12H2,1H3,(H,21,22,24)/t13-/m0/s1. The van der Waals surface area contributed by atoms with Gasteiger partial charge in [-0.3, -0.25) is 4.79 Å². The van der Waals surface area contributed by atoms with Gasteiger partial charge in [0.25, 0.3) is 0 Å². The Morgan fingerprint density at radius 1 is 1.15 bits per heavy atom. The summed E-state index contributed by atoms with van der Waals surface area (Å²) in [5, 5.41) is 11.3. The normalized spacial score (nSPS) is 11.9. The second kappa shape index (κ2) is 8.91. The Kier molecular flexibility index (Phi) is 6.35. The number of benzene rings is 2. The Morgan fingerprint density at radius 2 is 1.88 bits per heavy atom. The smallest absolute Gasteiger partial charge is 0.226 e. The second-order valence-electron chi connectivity index (χ2n) is 5.82. The number of anilines is 1. The molecule has 0 aliphatic heterocycles. The van der Waals surface area contributed by atoms with Crippen LogP contribution in [0.1, 0.15) is 30.4 Å². The molecule has 0 bridgehead atoms. The van der Waals surface area contributed by atoms with Crippen LogP contribution in [0.15, 0.2) is 58.9 Å². The van der Waals surface area contributed by atoms with Gasteiger partial charge < -0.3 is 5.32 Å². The van der Waals surface area contributed by atoms with Crippen LogP contribution in [0.5, 0.6) is 0 Å². The maximum absolute atomic E-state index is 13.6. The maximum Gasteiger partial charge on any atom is 0.226 e. The number of halogens is 1. The minimum absolute atomic E-state index is 0.0943. The number of rotatable bonds is 7. The van der Waals surface area contributed by atoms with E-state index in [0.29, 0.717) is 27.2 Å². The molecule has 1 amide bonds. The van der Waals surface area contributed by atoms with Gasteiger partial charge in [0.15, 0.2) is 4.34 Å². The van der Waals surface area contributed by atoms with Crippen LogP contribution in [0.3, 0.4) is 0 Å². The van der Waals surface area contributed by atoms with Crippen LogP contribution >= 0.6 is 23.1 Å². The number of carbonyl (C=O) groups excluding carboxylic acids is 1. The van der Waals surface area contributed by atoms with E-state index in [1.807, 2.05) is 37.3 Å². The highest BCUT2D eigenvalue weighted by molar-refractivity contribution is 8.00. The summed E-state index contributed by atoms with van der Waals surface area (Å²) in [6.45, 7) is 2.02. The van der Waals surface area contributed by atoms with E-state index in [9.17, 15) is 9.18 Å². The van der Waals surface area contributed by atoms with Crippen molar-refractivity contribution in [2.24, 2.45) is 0 Å². The first-order chi connectivity index (χ1) is 12.6. The third-order valence-electron chi connectivity index (χ3n) is 3.82. The quantitative estimate of drug-likeness (QED) is 0.452. The molecule has 0 spiro atoms. The minimum atomic E-state index is -0.229. The molecule has 0 saturated heterocycles. The third-order valence-corrected chi connectivity index (χ3v) is 5.84. The van der Waals surface area contributed by atoms with Crippen LogP contribution in [0.2, 0.25) is 0 Å². The average Bonchev–Trinajstić information content (AvgIpc) is 3.09. The highest BCUT2D eigenvalue weighted by Crippen LogP contribution is 2.29. The number of aromatic nitrogens is 2. The van der Waals surface area contributed by atoms with Crippen LogP contribution in [0.25, 0.3) is 0 Å². The molecular formula is C19H18FN3OS2. The maximum atomic E-state index is 13.6. The van der Waals surface area contributed by atoms with E-state index in [4.69, 9.17) is 0 Å². The lowest BCUT2D eigenvalue weighted by Gasteiger charge is -2.10. The van der Waals surface area contributed by atoms with Crippen molar-refractivity contribution in [3.63, 3.8) is 0 Å². The second-order valence-corrected chi connectivity index (χ2v) is 8.02. The van der Waals surface area contributed by atoms with Gasteiger partial charge in [-0.2, -0.15) is 0 Å². The van der Waals surface area contributed by atoms with Gasteiger partial charge in [0.2, 0.25) is 11.0 Å². The Hall–Kier alpha value is -2.25. The van der Waals surface area contributed by atoms with Crippen molar-refractivity contribution in [2.45, 2.75) is 29.4 Å². The molecule has 3 aromatic rings. The Labute approximate surface area is 159 Å². The number of hydrogen-bond acceptors (Lipinski definition) is 5. The summed E-state index contributed by atoms with van der Waals surface area (Å²) in [5.41, 5.74) is 1.75. The summed E-state index contributed by atoms with van der Waals surface area (Å²) in [4.78, 5) is 12.2. The summed E-state index contributed by atoms with van der Waals surface area (Å²) >= 11 is 2.70. The van der Waals surface area contributed by atoms with Gasteiger partial charge in [-0.05, 0) is 23.1 Å². The van der Waals surface area contributed by atoms with Crippen LogP contribution in [0, 0.1) is 5.82 Å². The number of amides is 1. The van der Waals surface area contributed by atoms with Gasteiger partial charge >= 0.3 is 0 Å². The fraction of sp³-hybridized carbons (Fsp3) is 0.211. The molecule has 0 saturated carbocycles. The van der Waals surface area contributed by atoms with Crippen molar-refractivity contribution in [2.75, 3.05) is 5.32 Å². The molecule has 7 heteroatoms. The van der Waals surface area contributed by atoms with E-state index in [2.05, 4.69) is 15.5 Å². The molecular weight excluding hydrogens is 369 g/mol. The molecule has 134 valence electrons. The topological polar surface area (TPSA) is 54.9 Å². The number of hydrogen-bond donors (Lipinski definition) is 1. The summed E-state index contributed by atoms with van der Waals surface area (Å²) in [7, 11) is 0. The lowest BCUT2D eigenvalue weighted by molar-refractivity contribution is -0.116. The molecule has 0 radical (unpaired) electrons. The van der Waals surface area contributed by atoms with E-state index in [0.717, 1.165) is 5.56 Å². The first kappa shape index (κ1) is 18.5. The molecule has 3 rings (SSSR count). The predicted molar refractivity (Wildman–Crippen MR) is 104 cm³/mol. The first-order valence-electron chi connectivity index (χ1n) is 8.16. The zero-order valence-electron chi connectivity index (χ0n) is 14.2. The predicted octanol–water partition coefficient (Wildman–Crippen LogP) is 5.10. The zero-order chi connectivity index (χ0) is 18.4. The number of thioether (sulfide) groups is 1. The SMILES string of the molecule is C[C@@H](CC(=O)Nc1nnc(SCc2ccccc2F)s1)c1ccccc1. The summed E-state index contributed by atoms with van der Waals surface area (Å²) in [6, 6.07) is 16.6. The Balaban J connectivity index is 1.51. The van der Waals surface area contributed by atoms with Crippen molar-refractivity contribution >= 4 is 34.1 Å². The molecule has 2 aromatic carbocycles. The number of carbonyl (C=O) groups is 1. The van der Waals surface area contributed by atoms with E-state index < -0.39 is 0 Å². The molecule has 4 nitrogen and oxygen atoms in total. The highest BCUT2D eigenvalue weighted by Gasteiger charge is 2.14. The van der Waals surface area contributed by atoms with Crippen molar-refractivity contribution in [1.82, 2.24) is 10.2 Å². The lowest BCUT2D eigenvalue weighted by atomic mass is 9.98. The lowest BCUT2D eigenvalue weighted by Crippen LogP contribution is -2.14. The monoisotopic (exact) mass is 387 g/mol. The highest BCUT2D eigenvalue weighted by atomic mass is 32.2. The Bertz CT molecular complexity index is 870. The van der Waals surface area contributed by atoms with Gasteiger partial charge in [0.1, 0.15) is 5.82 Å². The molecule has 1 atom stereocenters. The summed E-state index contributed by atoms with van der Waals surface area (Å²) in [6.07, 6.45) is 0.376. The number of nitrogens with zero attached hydrogens (tertiary/aromatic N) is 2. The molecule has 1 aromatic heterocycles. The zero-order valence-corrected chi connectivity index (χ0v) is 15.8. The molecule has 0 fully saturated rings. The summed E-state index contributed by atoms with van der Waals surface area (Å²) in [5.74, 6) is 0.274. The van der Waals surface area contributed by atoms with Crippen LogP contribution in [-0.4, -0.2) is 16.1 Å². The molecule has 1 N–H and O–H groups in total. The third kappa shape index (κ3) is 5.12. The molecule has 1 heterocycles. The van der Waals surface area contributed by atoms with Crippen molar-refractivity contribution < 1.29 is 9.18 Å². The van der Waals surface area contributed by atoms with Gasteiger partial charge in [-0.25, -0.2) is 4.39 Å². The largest absolute Gasteiger partial charge is 0.300 e. The molecule has 0 aliphatic rings. The van der Waals surface area contributed by atoms with E-state index >= 15 is 0 Å². The summed E-state index contributed by atoms with van der Waals surface area (Å²) < 4.78 is 14.3. The van der Waals surface area contributed by atoms with Crippen molar-refractivity contribution in [3.05, 3.63) is 71.5 Å². The fourth-order valence-electron chi connectivity index (χ4n) is 2.42. The van der Waals surface area contributed by atoms with Crippen LogP contribution < -0.4 is 5.32 Å². The van der Waals surface area contributed by atoms with E-state index in [-0.39, 0.29) is 17.6 Å². The minimum Gasteiger partial charge on any atom is -0.300 e. The van der Waals surface area contributed by atoms with Crippen molar-refractivity contribution in [3.8, 4) is 0 Å². The van der Waals surface area contributed by atoms with Crippen LogP contribution in [-0.2, 0) is 10.5 Å². The molecule has 0 aliphatic carbocycles. The van der Waals surface area contributed by atoms with Crippen molar-refractivity contribution in [1.29, 1.82) is 0 Å². The number of nitrogens with one attached hydrogen (secondary N) is 1. The van der Waals surface area contributed by atoms with Gasteiger partial charge in [-0.15, -0.1) is 10.2 Å². The average molecular weight is 388 g/mol. The fourth-order valence-corrected chi connectivity index (χ4v) is 4.18. The van der Waals surface area contributed by atoms with Gasteiger partial charge in [0.05, 0.1) is 0 Å². The molecule has 26 heavy (non-hydrogen) atoms. The Morgan fingerprint density at radius 3 is 2.65 bits per heavy atom. The van der Waals surface area contributed by atoms with Gasteiger partial charge in [0, 0.05) is 12.2 Å². The van der Waals surface area contributed by atoms with E-state index in [1.54, 1.807) is 18.2 Å².